The predicted molar refractivity (Wildman–Crippen MR) is 51.3 cm³/mol. The quantitative estimate of drug-likeness (QED) is 0.577. The normalized spacial score (nSPS) is 23.4. The van der Waals surface area contributed by atoms with Crippen LogP contribution in [-0.4, -0.2) is 29.2 Å². The van der Waals surface area contributed by atoms with Gasteiger partial charge in [0.25, 0.3) is 0 Å². The van der Waals surface area contributed by atoms with Crippen LogP contribution < -0.4 is 0 Å². The Hall–Kier alpha value is -0.730. The van der Waals surface area contributed by atoms with Crippen LogP contribution in [0.25, 0.3) is 0 Å². The van der Waals surface area contributed by atoms with Crippen molar-refractivity contribution >= 4 is 6.09 Å². The van der Waals surface area contributed by atoms with Gasteiger partial charge in [-0.1, -0.05) is 0 Å². The van der Waals surface area contributed by atoms with Crippen molar-refractivity contribution in [2.24, 2.45) is 0 Å². The van der Waals surface area contributed by atoms with Crippen LogP contribution in [-0.2, 0) is 4.74 Å². The smallest absolute Gasteiger partial charge is 0.410 e. The van der Waals surface area contributed by atoms with Gasteiger partial charge in [-0.2, -0.15) is 0 Å². The average molecular weight is 184 g/mol. The van der Waals surface area contributed by atoms with E-state index < -0.39 is 5.60 Å². The SMILES string of the molecule is [CH2][C@@H]1CCCN1C(=O)OC(C)(C)C. The largest absolute Gasteiger partial charge is 0.444 e. The molecule has 1 atom stereocenters. The lowest BCUT2D eigenvalue weighted by atomic mass is 10.2. The summed E-state index contributed by atoms with van der Waals surface area (Å²) in [7, 11) is 0. The summed E-state index contributed by atoms with van der Waals surface area (Å²) in [5, 5.41) is 0. The third kappa shape index (κ3) is 2.90. The summed E-state index contributed by atoms with van der Waals surface area (Å²) in [5.74, 6) is 0. The molecular formula is C10H18NO2. The van der Waals surface area contributed by atoms with Gasteiger partial charge in [0.1, 0.15) is 5.60 Å². The van der Waals surface area contributed by atoms with E-state index in [1.807, 2.05) is 20.8 Å². The van der Waals surface area contributed by atoms with E-state index >= 15 is 0 Å². The Morgan fingerprint density at radius 3 is 2.54 bits per heavy atom. The predicted octanol–water partition coefficient (Wildman–Crippen LogP) is 2.22. The van der Waals surface area contributed by atoms with Crippen molar-refractivity contribution in [3.05, 3.63) is 6.92 Å². The van der Waals surface area contributed by atoms with E-state index in [0.29, 0.717) is 0 Å². The van der Waals surface area contributed by atoms with Gasteiger partial charge in [0.15, 0.2) is 0 Å². The number of ether oxygens (including phenoxy) is 1. The highest BCUT2D eigenvalue weighted by atomic mass is 16.6. The van der Waals surface area contributed by atoms with Crippen LogP contribution in [0.15, 0.2) is 0 Å². The van der Waals surface area contributed by atoms with E-state index in [0.717, 1.165) is 19.4 Å². The number of hydrogen-bond donors (Lipinski definition) is 0. The molecule has 75 valence electrons. The van der Waals surface area contributed by atoms with E-state index in [9.17, 15) is 4.79 Å². The number of nitrogens with zero attached hydrogens (tertiary/aromatic N) is 1. The second-order valence-corrected chi connectivity index (χ2v) is 4.47. The van der Waals surface area contributed by atoms with Crippen molar-refractivity contribution in [1.82, 2.24) is 4.90 Å². The number of likely N-dealkylation sites (tertiary alicyclic amines) is 1. The lowest BCUT2D eigenvalue weighted by Gasteiger charge is -2.26. The van der Waals surface area contributed by atoms with Gasteiger partial charge < -0.3 is 9.64 Å². The van der Waals surface area contributed by atoms with Crippen molar-refractivity contribution in [2.45, 2.75) is 45.3 Å². The molecule has 0 aromatic carbocycles. The van der Waals surface area contributed by atoms with Gasteiger partial charge in [-0.25, -0.2) is 4.79 Å². The first-order chi connectivity index (χ1) is 5.90. The number of carbonyl (C=O) groups excluding carboxylic acids is 1. The molecule has 1 fully saturated rings. The molecule has 13 heavy (non-hydrogen) atoms. The molecular weight excluding hydrogens is 166 g/mol. The van der Waals surface area contributed by atoms with Crippen LogP contribution in [0.5, 0.6) is 0 Å². The van der Waals surface area contributed by atoms with Gasteiger partial charge >= 0.3 is 6.09 Å². The Bertz CT molecular complexity index is 196. The molecule has 3 heteroatoms. The lowest BCUT2D eigenvalue weighted by Crippen LogP contribution is -2.38. The summed E-state index contributed by atoms with van der Waals surface area (Å²) in [6.07, 6.45) is 1.79. The van der Waals surface area contributed by atoms with Crippen LogP contribution in [0, 0.1) is 6.92 Å². The van der Waals surface area contributed by atoms with Gasteiger partial charge in [-0.3, -0.25) is 0 Å². The Kier molecular flexibility index (Phi) is 2.84. The van der Waals surface area contributed by atoms with Gasteiger partial charge in [-0.15, -0.1) is 0 Å². The molecule has 1 radical (unpaired) electrons. The van der Waals surface area contributed by atoms with E-state index in [2.05, 4.69) is 6.92 Å². The first-order valence-corrected chi connectivity index (χ1v) is 4.73. The van der Waals surface area contributed by atoms with E-state index in [4.69, 9.17) is 4.74 Å². The molecule has 0 spiro atoms. The summed E-state index contributed by atoms with van der Waals surface area (Å²) in [6, 6.07) is 0.0925. The minimum Gasteiger partial charge on any atom is -0.444 e. The third-order valence-electron chi connectivity index (χ3n) is 2.01. The van der Waals surface area contributed by atoms with Crippen LogP contribution >= 0.6 is 0 Å². The molecule has 0 unspecified atom stereocenters. The highest BCUT2D eigenvalue weighted by Crippen LogP contribution is 2.19. The number of rotatable bonds is 0. The molecule has 1 aliphatic rings. The molecule has 1 heterocycles. The van der Waals surface area contributed by atoms with Crippen molar-refractivity contribution in [3.63, 3.8) is 0 Å². The van der Waals surface area contributed by atoms with Gasteiger partial charge in [-0.05, 0) is 40.5 Å². The summed E-state index contributed by atoms with van der Waals surface area (Å²) < 4.78 is 5.24. The molecule has 0 aromatic heterocycles. The zero-order valence-electron chi connectivity index (χ0n) is 8.67. The monoisotopic (exact) mass is 184 g/mol. The number of hydrogen-bond acceptors (Lipinski definition) is 2. The number of carbonyl (C=O) groups is 1. The van der Waals surface area contributed by atoms with E-state index in [-0.39, 0.29) is 12.1 Å². The van der Waals surface area contributed by atoms with Crippen LogP contribution in [0.4, 0.5) is 4.79 Å². The summed E-state index contributed by atoms with van der Waals surface area (Å²) in [5.41, 5.74) is -0.403. The zero-order chi connectivity index (χ0) is 10.1. The molecule has 0 aliphatic carbocycles. The maximum Gasteiger partial charge on any atom is 0.410 e. The summed E-state index contributed by atoms with van der Waals surface area (Å²) in [6.45, 7) is 10.3. The average Bonchev–Trinajstić information content (AvgIpc) is 2.30. The Morgan fingerprint density at radius 1 is 1.54 bits per heavy atom. The van der Waals surface area contributed by atoms with Gasteiger partial charge in [0.2, 0.25) is 0 Å². The third-order valence-corrected chi connectivity index (χ3v) is 2.01. The summed E-state index contributed by atoms with van der Waals surface area (Å²) >= 11 is 0. The zero-order valence-corrected chi connectivity index (χ0v) is 8.67. The van der Waals surface area contributed by atoms with Crippen LogP contribution in [0.1, 0.15) is 33.6 Å². The lowest BCUT2D eigenvalue weighted by molar-refractivity contribution is 0.0254. The topological polar surface area (TPSA) is 29.5 Å². The molecule has 0 N–H and O–H groups in total. The molecule has 0 aromatic rings. The fourth-order valence-electron chi connectivity index (χ4n) is 1.40. The van der Waals surface area contributed by atoms with Crippen molar-refractivity contribution in [3.8, 4) is 0 Å². The molecule has 1 aliphatic heterocycles. The molecule has 0 saturated carbocycles. The fourth-order valence-corrected chi connectivity index (χ4v) is 1.40. The molecule has 3 nitrogen and oxygen atoms in total. The van der Waals surface area contributed by atoms with Crippen molar-refractivity contribution < 1.29 is 9.53 Å². The summed E-state index contributed by atoms with van der Waals surface area (Å²) in [4.78, 5) is 13.2. The first-order valence-electron chi connectivity index (χ1n) is 4.73. The molecule has 1 amide bonds. The standard InChI is InChI=1S/C10H18NO2/c1-8-6-5-7-11(8)9(12)13-10(2,3)4/h8H,1,5-7H2,2-4H3/t8-/m1/s1. The van der Waals surface area contributed by atoms with Crippen molar-refractivity contribution in [1.29, 1.82) is 0 Å². The molecule has 0 bridgehead atoms. The molecule has 1 rings (SSSR count). The van der Waals surface area contributed by atoms with Crippen molar-refractivity contribution in [2.75, 3.05) is 6.54 Å². The Labute approximate surface area is 80.1 Å². The van der Waals surface area contributed by atoms with Crippen LogP contribution in [0.3, 0.4) is 0 Å². The van der Waals surface area contributed by atoms with Crippen LogP contribution in [0.2, 0.25) is 0 Å². The Morgan fingerprint density at radius 2 is 2.15 bits per heavy atom. The second-order valence-electron chi connectivity index (χ2n) is 4.47. The van der Waals surface area contributed by atoms with Gasteiger partial charge in [0.05, 0.1) is 0 Å². The fraction of sp³-hybridized carbons (Fsp3) is 0.800. The highest BCUT2D eigenvalue weighted by molar-refractivity contribution is 5.69. The Balaban J connectivity index is 2.48. The molecule has 1 saturated heterocycles. The minimum absolute atomic E-state index is 0.0925. The minimum atomic E-state index is -0.403. The second kappa shape index (κ2) is 3.56. The maximum absolute atomic E-state index is 11.5. The highest BCUT2D eigenvalue weighted by Gasteiger charge is 2.29. The van der Waals surface area contributed by atoms with Gasteiger partial charge in [0, 0.05) is 12.6 Å². The first kappa shape index (κ1) is 10.4. The van der Waals surface area contributed by atoms with E-state index in [1.54, 1.807) is 4.90 Å². The van der Waals surface area contributed by atoms with E-state index in [1.165, 1.54) is 0 Å². The number of amides is 1. The maximum atomic E-state index is 11.5.